The van der Waals surface area contributed by atoms with Gasteiger partial charge in [-0.2, -0.15) is 0 Å². The minimum absolute atomic E-state index is 0.0139. The SMILES string of the molecule is CC(=O)c1ccc(O)cc1.CC(=O)c1ccc(O)cc1.CC(=O)c1ccc(O)cc1.CC(=O)c1ccc(O)cc1O.CC(=O)c1ccccc1O.CCC(=O)c1ccc(O)cc1. The highest BCUT2D eigenvalue weighted by Crippen LogP contribution is 2.22. The normalized spacial score (nSPS) is 9.39. The summed E-state index contributed by atoms with van der Waals surface area (Å²) in [5.74, 6) is 0.378. The highest BCUT2D eigenvalue weighted by atomic mass is 16.3. The molecule has 0 heterocycles. The lowest BCUT2D eigenvalue weighted by atomic mass is 10.1. The van der Waals surface area contributed by atoms with Crippen molar-refractivity contribution in [3.05, 3.63) is 173 Å². The van der Waals surface area contributed by atoms with Gasteiger partial charge in [0.05, 0.1) is 11.1 Å². The topological polar surface area (TPSA) is 244 Å². The third-order valence-electron chi connectivity index (χ3n) is 7.98. The number of carbonyl (C=O) groups is 6. The molecule has 0 radical (unpaired) electrons. The molecular formula is C49H50O13. The molecule has 0 fully saturated rings. The summed E-state index contributed by atoms with van der Waals surface area (Å²) < 4.78 is 0. The van der Waals surface area contributed by atoms with E-state index >= 15 is 0 Å². The first-order chi connectivity index (χ1) is 29.2. The van der Waals surface area contributed by atoms with Crippen molar-refractivity contribution in [1.29, 1.82) is 0 Å². The summed E-state index contributed by atoms with van der Waals surface area (Å²) in [4.78, 5) is 64.5. The summed E-state index contributed by atoms with van der Waals surface area (Å²) >= 11 is 0. The van der Waals surface area contributed by atoms with Crippen LogP contribution in [0.25, 0.3) is 0 Å². The molecule has 0 saturated carbocycles. The Hall–Kier alpha value is -8.06. The molecule has 0 saturated heterocycles. The number of hydrogen-bond donors (Lipinski definition) is 7. The van der Waals surface area contributed by atoms with Crippen LogP contribution in [0.2, 0.25) is 0 Å². The van der Waals surface area contributed by atoms with Gasteiger partial charge in [-0.05, 0) is 156 Å². The maximum Gasteiger partial charge on any atom is 0.163 e. The largest absolute Gasteiger partial charge is 0.508 e. The molecule has 0 amide bonds. The van der Waals surface area contributed by atoms with E-state index in [4.69, 9.17) is 35.7 Å². The summed E-state index contributed by atoms with van der Waals surface area (Å²) in [6.07, 6.45) is 0.505. The maximum absolute atomic E-state index is 11.0. The predicted molar refractivity (Wildman–Crippen MR) is 235 cm³/mol. The Morgan fingerprint density at radius 3 is 0.887 bits per heavy atom. The number of para-hydroxylation sites is 1. The molecule has 6 aromatic carbocycles. The van der Waals surface area contributed by atoms with Crippen molar-refractivity contribution in [3.8, 4) is 40.2 Å². The Kier molecular flexibility index (Phi) is 22.5. The van der Waals surface area contributed by atoms with Gasteiger partial charge in [0.15, 0.2) is 34.7 Å². The molecule has 0 aliphatic rings. The molecule has 13 nitrogen and oxygen atoms in total. The van der Waals surface area contributed by atoms with Gasteiger partial charge < -0.3 is 35.7 Å². The van der Waals surface area contributed by atoms with Crippen LogP contribution in [-0.4, -0.2) is 70.4 Å². The second kappa shape index (κ2) is 26.8. The van der Waals surface area contributed by atoms with E-state index in [0.29, 0.717) is 34.2 Å². The molecule has 13 heteroatoms. The molecular weight excluding hydrogens is 797 g/mol. The fraction of sp³-hybridized carbons (Fsp3) is 0.143. The van der Waals surface area contributed by atoms with Crippen molar-refractivity contribution < 1.29 is 64.5 Å². The molecule has 324 valence electrons. The fourth-order valence-electron chi connectivity index (χ4n) is 4.53. The number of ketones is 6. The molecule has 0 aromatic heterocycles. The van der Waals surface area contributed by atoms with Crippen molar-refractivity contribution in [2.75, 3.05) is 0 Å². The first-order valence-corrected chi connectivity index (χ1v) is 18.7. The smallest absolute Gasteiger partial charge is 0.163 e. The van der Waals surface area contributed by atoms with Gasteiger partial charge in [-0.1, -0.05) is 19.1 Å². The molecule has 0 atom stereocenters. The van der Waals surface area contributed by atoms with E-state index < -0.39 is 0 Å². The zero-order valence-corrected chi connectivity index (χ0v) is 35.1. The Labute approximate surface area is 359 Å². The second-order valence-electron chi connectivity index (χ2n) is 13.0. The lowest BCUT2D eigenvalue weighted by molar-refractivity contribution is 0.0983. The minimum Gasteiger partial charge on any atom is -0.508 e. The third-order valence-corrected chi connectivity index (χ3v) is 7.98. The van der Waals surface area contributed by atoms with E-state index in [0.717, 1.165) is 6.07 Å². The number of benzene rings is 6. The lowest BCUT2D eigenvalue weighted by Crippen LogP contribution is -1.94. The second-order valence-corrected chi connectivity index (χ2v) is 13.0. The average Bonchev–Trinajstić information content (AvgIpc) is 3.22. The third kappa shape index (κ3) is 20.1. The van der Waals surface area contributed by atoms with Crippen molar-refractivity contribution in [1.82, 2.24) is 0 Å². The first-order valence-electron chi connectivity index (χ1n) is 18.7. The fourth-order valence-corrected chi connectivity index (χ4v) is 4.53. The van der Waals surface area contributed by atoms with Gasteiger partial charge in [0.1, 0.15) is 40.2 Å². The summed E-state index contributed by atoms with van der Waals surface area (Å²) in [7, 11) is 0. The zero-order valence-electron chi connectivity index (χ0n) is 35.1. The van der Waals surface area contributed by atoms with Crippen LogP contribution in [0.4, 0.5) is 0 Å². The van der Waals surface area contributed by atoms with Gasteiger partial charge >= 0.3 is 0 Å². The van der Waals surface area contributed by atoms with Crippen LogP contribution in [0.3, 0.4) is 0 Å². The number of hydrogen-bond acceptors (Lipinski definition) is 13. The van der Waals surface area contributed by atoms with Gasteiger partial charge in [-0.25, -0.2) is 0 Å². The van der Waals surface area contributed by atoms with Crippen LogP contribution in [-0.2, 0) is 0 Å². The van der Waals surface area contributed by atoms with Crippen molar-refractivity contribution in [2.24, 2.45) is 0 Å². The number of aromatic hydroxyl groups is 7. The highest BCUT2D eigenvalue weighted by Gasteiger charge is 2.06. The highest BCUT2D eigenvalue weighted by molar-refractivity contribution is 5.98. The van der Waals surface area contributed by atoms with E-state index in [1.807, 2.05) is 6.92 Å². The molecule has 0 spiro atoms. The van der Waals surface area contributed by atoms with Crippen LogP contribution in [0.1, 0.15) is 110 Å². The molecule has 7 N–H and O–H groups in total. The molecule has 0 aliphatic heterocycles. The van der Waals surface area contributed by atoms with Crippen molar-refractivity contribution >= 4 is 34.7 Å². The Balaban J connectivity index is 0.000000372. The van der Waals surface area contributed by atoms with Gasteiger partial charge in [0.25, 0.3) is 0 Å². The Bertz CT molecular complexity index is 2250. The van der Waals surface area contributed by atoms with E-state index in [1.54, 1.807) is 66.7 Å². The molecule has 0 unspecified atom stereocenters. The summed E-state index contributed by atoms with van der Waals surface area (Å²) in [6.45, 7) is 9.07. The summed E-state index contributed by atoms with van der Waals surface area (Å²) in [6, 6.07) is 35.2. The first kappa shape index (κ1) is 52.0. The molecule has 6 rings (SSSR count). The summed E-state index contributed by atoms with van der Waals surface area (Å²) in [5, 5.41) is 62.4. The van der Waals surface area contributed by atoms with Gasteiger partial charge in [-0.15, -0.1) is 0 Å². The van der Waals surface area contributed by atoms with Crippen LogP contribution in [0, 0.1) is 0 Å². The standard InChI is InChI=1S/C9H10O2.C8H8O3.4C8H8O2/c1-2-9(11)7-3-5-8(10)6-4-7;1-5(9)7-3-2-6(10)4-8(7)11;3*1-6(9)7-2-4-8(10)5-3-7;1-6(9)7-4-2-3-5-8(7)10/h3-6,10H,2H2,1H3;2-4,10-11H,1H3;4*2-5,10H,1H3. The number of phenols is 7. The summed E-state index contributed by atoms with van der Waals surface area (Å²) in [5.41, 5.74) is 3.13. The van der Waals surface area contributed by atoms with E-state index in [2.05, 4.69) is 0 Å². The molecule has 0 bridgehead atoms. The van der Waals surface area contributed by atoms with Crippen molar-refractivity contribution in [2.45, 2.75) is 48.0 Å². The Morgan fingerprint density at radius 2 is 0.629 bits per heavy atom. The number of rotatable bonds is 7. The van der Waals surface area contributed by atoms with Gasteiger partial charge in [-0.3, -0.25) is 28.8 Å². The van der Waals surface area contributed by atoms with Crippen LogP contribution < -0.4 is 0 Å². The maximum atomic E-state index is 11.0. The molecule has 0 aliphatic carbocycles. The van der Waals surface area contributed by atoms with E-state index in [-0.39, 0.29) is 80.5 Å². The van der Waals surface area contributed by atoms with Crippen LogP contribution in [0.5, 0.6) is 40.2 Å². The Morgan fingerprint density at radius 1 is 0.339 bits per heavy atom. The van der Waals surface area contributed by atoms with Crippen LogP contribution in [0.15, 0.2) is 140 Å². The van der Waals surface area contributed by atoms with Gasteiger partial charge in [0.2, 0.25) is 0 Å². The lowest BCUT2D eigenvalue weighted by Gasteiger charge is -1.99. The number of phenolic OH excluding ortho intramolecular Hbond substituents is 7. The quantitative estimate of drug-likeness (QED) is 0.0741. The van der Waals surface area contributed by atoms with E-state index in [1.165, 1.54) is 101 Å². The van der Waals surface area contributed by atoms with Crippen molar-refractivity contribution in [3.63, 3.8) is 0 Å². The molecule has 6 aromatic rings. The zero-order chi connectivity index (χ0) is 46.9. The van der Waals surface area contributed by atoms with Gasteiger partial charge in [0, 0.05) is 34.7 Å². The van der Waals surface area contributed by atoms with E-state index in [9.17, 15) is 28.8 Å². The molecule has 62 heavy (non-hydrogen) atoms. The number of carbonyl (C=O) groups excluding carboxylic acids is 6. The van der Waals surface area contributed by atoms with Crippen LogP contribution >= 0.6 is 0 Å². The average molecular weight is 847 g/mol. The monoisotopic (exact) mass is 846 g/mol. The minimum atomic E-state index is -0.220. The predicted octanol–water partition coefficient (Wildman–Crippen LogP) is 9.66. The number of Topliss-reactive ketones (excluding diaryl/α,β-unsaturated/α-hetero) is 6.